The van der Waals surface area contributed by atoms with Gasteiger partial charge in [0.25, 0.3) is 0 Å². The molecule has 2 aromatic rings. The van der Waals surface area contributed by atoms with Gasteiger partial charge in [0.05, 0.1) is 11.8 Å². The lowest BCUT2D eigenvalue weighted by molar-refractivity contribution is -0.274. The Bertz CT molecular complexity index is 503. The van der Waals surface area contributed by atoms with Crippen LogP contribution in [0.25, 0.3) is 11.3 Å². The van der Waals surface area contributed by atoms with Crippen LogP contribution in [-0.4, -0.2) is 6.36 Å². The molecule has 0 atom stereocenters. The molecule has 0 amide bonds. The predicted molar refractivity (Wildman–Crippen MR) is 50.8 cm³/mol. The molecule has 0 aliphatic rings. The Kier molecular flexibility index (Phi) is 2.79. The monoisotopic (exact) mass is 246 g/mol. The Labute approximate surface area is 93.4 Å². The Morgan fingerprint density at radius 1 is 1.12 bits per heavy atom. The van der Waals surface area contributed by atoms with E-state index in [-0.39, 0.29) is 11.3 Å². The molecule has 0 saturated carbocycles. The van der Waals surface area contributed by atoms with Crippen LogP contribution in [0.4, 0.5) is 17.6 Å². The van der Waals surface area contributed by atoms with Crippen LogP contribution in [0.3, 0.4) is 0 Å². The summed E-state index contributed by atoms with van der Waals surface area (Å²) in [6.45, 7) is 0. The van der Waals surface area contributed by atoms with Crippen molar-refractivity contribution in [2.75, 3.05) is 0 Å². The molecule has 0 spiro atoms. The minimum atomic E-state index is -4.88. The second-order valence-corrected chi connectivity index (χ2v) is 3.17. The van der Waals surface area contributed by atoms with Gasteiger partial charge in [-0.05, 0) is 24.3 Å². The highest BCUT2D eigenvalue weighted by molar-refractivity contribution is 5.65. The molecule has 0 aliphatic heterocycles. The van der Waals surface area contributed by atoms with Gasteiger partial charge in [-0.1, -0.05) is 0 Å². The maximum absolute atomic E-state index is 12.9. The molecule has 0 fully saturated rings. The van der Waals surface area contributed by atoms with Crippen LogP contribution in [0, 0.1) is 5.82 Å². The normalized spacial score (nSPS) is 11.5. The van der Waals surface area contributed by atoms with Crippen molar-refractivity contribution in [2.45, 2.75) is 6.36 Å². The summed E-state index contributed by atoms with van der Waals surface area (Å²) in [6.07, 6.45) is -3.58. The van der Waals surface area contributed by atoms with E-state index >= 15 is 0 Å². The molecule has 0 unspecified atom stereocenters. The fraction of sp³-hybridized carbons (Fsp3) is 0.0909. The van der Waals surface area contributed by atoms with Gasteiger partial charge in [-0.15, -0.1) is 13.2 Å². The van der Waals surface area contributed by atoms with E-state index in [2.05, 4.69) is 4.74 Å². The second-order valence-electron chi connectivity index (χ2n) is 3.17. The molecule has 2 nitrogen and oxygen atoms in total. The smallest absolute Gasteiger partial charge is 0.464 e. The Hall–Kier alpha value is -1.98. The first-order chi connectivity index (χ1) is 7.96. The average molecular weight is 246 g/mol. The highest BCUT2D eigenvalue weighted by Crippen LogP contribution is 2.34. The maximum Gasteiger partial charge on any atom is 0.573 e. The van der Waals surface area contributed by atoms with Crippen molar-refractivity contribution in [3.8, 4) is 17.1 Å². The van der Waals surface area contributed by atoms with Crippen molar-refractivity contribution in [3.63, 3.8) is 0 Å². The molecular weight excluding hydrogens is 240 g/mol. The molecule has 0 saturated heterocycles. The fourth-order valence-corrected chi connectivity index (χ4v) is 1.34. The van der Waals surface area contributed by atoms with E-state index in [1.54, 1.807) is 0 Å². The third-order valence-corrected chi connectivity index (χ3v) is 1.96. The Morgan fingerprint density at radius 3 is 2.47 bits per heavy atom. The predicted octanol–water partition coefficient (Wildman–Crippen LogP) is 3.98. The highest BCUT2D eigenvalue weighted by atomic mass is 19.4. The number of benzene rings is 1. The molecule has 90 valence electrons. The van der Waals surface area contributed by atoms with Crippen molar-refractivity contribution in [3.05, 3.63) is 42.4 Å². The Balaban J connectivity index is 2.45. The molecule has 0 N–H and O–H groups in total. The van der Waals surface area contributed by atoms with Crippen molar-refractivity contribution in [1.29, 1.82) is 0 Å². The summed E-state index contributed by atoms with van der Waals surface area (Å²) >= 11 is 0. The van der Waals surface area contributed by atoms with E-state index in [0.717, 1.165) is 12.1 Å². The van der Waals surface area contributed by atoms with Gasteiger partial charge in [0.1, 0.15) is 17.3 Å². The summed E-state index contributed by atoms with van der Waals surface area (Å²) in [5.41, 5.74) is 0.0359. The molecule has 1 aromatic heterocycles. The summed E-state index contributed by atoms with van der Waals surface area (Å²) in [6, 6.07) is 5.81. The minimum absolute atomic E-state index is 0.0359. The van der Waals surface area contributed by atoms with Crippen LogP contribution >= 0.6 is 0 Å². The highest BCUT2D eigenvalue weighted by Gasteiger charge is 2.32. The number of halogens is 4. The molecule has 0 radical (unpaired) electrons. The lowest BCUT2D eigenvalue weighted by Gasteiger charge is -2.11. The molecule has 1 heterocycles. The SMILES string of the molecule is Fc1ccc(-c2ccco2)c(OC(F)(F)F)c1. The number of hydrogen-bond donors (Lipinski definition) is 0. The zero-order valence-electron chi connectivity index (χ0n) is 8.29. The first-order valence-corrected chi connectivity index (χ1v) is 4.55. The summed E-state index contributed by atoms with van der Waals surface area (Å²) in [7, 11) is 0. The quantitative estimate of drug-likeness (QED) is 0.747. The molecule has 0 bridgehead atoms. The minimum Gasteiger partial charge on any atom is -0.464 e. The van der Waals surface area contributed by atoms with Crippen LogP contribution in [0.5, 0.6) is 5.75 Å². The van der Waals surface area contributed by atoms with Crippen molar-refractivity contribution in [1.82, 2.24) is 0 Å². The van der Waals surface area contributed by atoms with Crippen LogP contribution in [-0.2, 0) is 0 Å². The van der Waals surface area contributed by atoms with E-state index in [9.17, 15) is 17.6 Å². The summed E-state index contributed by atoms with van der Waals surface area (Å²) < 4.78 is 57.9. The van der Waals surface area contributed by atoms with Gasteiger partial charge in [-0.25, -0.2) is 4.39 Å². The largest absolute Gasteiger partial charge is 0.573 e. The van der Waals surface area contributed by atoms with Crippen LogP contribution < -0.4 is 4.74 Å². The zero-order chi connectivity index (χ0) is 12.5. The molecular formula is C11H6F4O2. The maximum atomic E-state index is 12.9. The average Bonchev–Trinajstić information content (AvgIpc) is 2.68. The molecule has 2 rings (SSSR count). The van der Waals surface area contributed by atoms with E-state index in [4.69, 9.17) is 4.42 Å². The fourth-order valence-electron chi connectivity index (χ4n) is 1.34. The van der Waals surface area contributed by atoms with Gasteiger partial charge in [-0.2, -0.15) is 0 Å². The first-order valence-electron chi connectivity index (χ1n) is 4.55. The van der Waals surface area contributed by atoms with Gasteiger partial charge in [0, 0.05) is 6.07 Å². The summed E-state index contributed by atoms with van der Waals surface area (Å²) in [5.74, 6) is -1.28. The van der Waals surface area contributed by atoms with Gasteiger partial charge in [-0.3, -0.25) is 0 Å². The lowest BCUT2D eigenvalue weighted by Crippen LogP contribution is -2.17. The molecule has 1 aromatic carbocycles. The Morgan fingerprint density at radius 2 is 1.88 bits per heavy atom. The topological polar surface area (TPSA) is 22.4 Å². The summed E-state index contributed by atoms with van der Waals surface area (Å²) in [5, 5.41) is 0. The third-order valence-electron chi connectivity index (χ3n) is 1.96. The standard InChI is InChI=1S/C11H6F4O2/c12-7-3-4-8(9-2-1-5-16-9)10(6-7)17-11(13,14)15/h1-6H. The van der Waals surface area contributed by atoms with Gasteiger partial charge in [0.2, 0.25) is 0 Å². The van der Waals surface area contributed by atoms with Gasteiger partial charge >= 0.3 is 6.36 Å². The van der Waals surface area contributed by atoms with Crippen molar-refractivity contribution < 1.29 is 26.7 Å². The third kappa shape index (κ3) is 2.77. The zero-order valence-corrected chi connectivity index (χ0v) is 8.29. The van der Waals surface area contributed by atoms with Crippen LogP contribution in [0.1, 0.15) is 0 Å². The van der Waals surface area contributed by atoms with E-state index < -0.39 is 17.9 Å². The van der Waals surface area contributed by atoms with E-state index in [1.165, 1.54) is 18.4 Å². The number of ether oxygens (including phenoxy) is 1. The number of rotatable bonds is 2. The van der Waals surface area contributed by atoms with Crippen LogP contribution in [0.2, 0.25) is 0 Å². The number of alkyl halides is 3. The van der Waals surface area contributed by atoms with Crippen molar-refractivity contribution in [2.24, 2.45) is 0 Å². The lowest BCUT2D eigenvalue weighted by atomic mass is 10.1. The van der Waals surface area contributed by atoms with E-state index in [0.29, 0.717) is 6.07 Å². The molecule has 17 heavy (non-hydrogen) atoms. The number of furan rings is 1. The van der Waals surface area contributed by atoms with Gasteiger partial charge < -0.3 is 9.15 Å². The van der Waals surface area contributed by atoms with Crippen molar-refractivity contribution >= 4 is 0 Å². The number of hydrogen-bond acceptors (Lipinski definition) is 2. The molecule has 0 aliphatic carbocycles. The van der Waals surface area contributed by atoms with Gasteiger partial charge in [0.15, 0.2) is 0 Å². The molecule has 6 heteroatoms. The first kappa shape index (κ1) is 11.5. The van der Waals surface area contributed by atoms with Crippen LogP contribution in [0.15, 0.2) is 41.0 Å². The summed E-state index contributed by atoms with van der Waals surface area (Å²) in [4.78, 5) is 0. The van der Waals surface area contributed by atoms with E-state index in [1.807, 2.05) is 0 Å². The second kappa shape index (κ2) is 4.12.